The third kappa shape index (κ3) is 3.12. The molecular weight excluding hydrogens is 190 g/mol. The Balaban J connectivity index is 4.80. The van der Waals surface area contributed by atoms with Crippen molar-refractivity contribution in [1.29, 1.82) is 0 Å². The number of ether oxygens (including phenoxy) is 1. The van der Waals surface area contributed by atoms with Crippen LogP contribution in [-0.2, 0) is 14.3 Å². The van der Waals surface area contributed by atoms with Gasteiger partial charge in [0.15, 0.2) is 0 Å². The van der Waals surface area contributed by atoms with Crippen LogP contribution < -0.4 is 0 Å². The highest BCUT2D eigenvalue weighted by Crippen LogP contribution is 2.25. The molecule has 0 aliphatic carbocycles. The summed E-state index contributed by atoms with van der Waals surface area (Å²) in [5.41, 5.74) is -1.08. The van der Waals surface area contributed by atoms with Crippen LogP contribution in [0.3, 0.4) is 0 Å². The SMILES string of the molecule is COC(=O)[C@H](C[N+](=O)[O-])C(C)(C)C=O. The average Bonchev–Trinajstić information content (AvgIpc) is 2.12. The molecule has 14 heavy (non-hydrogen) atoms. The second kappa shape index (κ2) is 4.69. The van der Waals surface area contributed by atoms with Crippen molar-refractivity contribution in [1.82, 2.24) is 0 Å². The molecule has 0 N–H and O–H groups in total. The first-order chi connectivity index (χ1) is 6.35. The highest BCUT2D eigenvalue weighted by atomic mass is 16.6. The molecule has 0 amide bonds. The van der Waals surface area contributed by atoms with Gasteiger partial charge in [-0.3, -0.25) is 14.9 Å². The molecule has 0 spiro atoms. The summed E-state index contributed by atoms with van der Waals surface area (Å²) in [4.78, 5) is 31.4. The Labute approximate surface area is 81.4 Å². The van der Waals surface area contributed by atoms with E-state index in [2.05, 4.69) is 4.74 Å². The maximum atomic E-state index is 11.2. The zero-order valence-corrected chi connectivity index (χ0v) is 8.35. The van der Waals surface area contributed by atoms with E-state index in [4.69, 9.17) is 0 Å². The van der Waals surface area contributed by atoms with Crippen LogP contribution in [0, 0.1) is 21.4 Å². The molecular formula is C8H13NO5. The Hall–Kier alpha value is -1.46. The van der Waals surface area contributed by atoms with Crippen LogP contribution in [0.15, 0.2) is 0 Å². The molecule has 0 bridgehead atoms. The second-order valence-electron chi connectivity index (χ2n) is 3.53. The average molecular weight is 203 g/mol. The lowest BCUT2D eigenvalue weighted by atomic mass is 9.80. The summed E-state index contributed by atoms with van der Waals surface area (Å²) in [6.45, 7) is 2.33. The van der Waals surface area contributed by atoms with E-state index >= 15 is 0 Å². The third-order valence-electron chi connectivity index (χ3n) is 2.02. The van der Waals surface area contributed by atoms with Gasteiger partial charge < -0.3 is 9.53 Å². The summed E-state index contributed by atoms with van der Waals surface area (Å²) < 4.78 is 4.40. The van der Waals surface area contributed by atoms with E-state index in [-0.39, 0.29) is 0 Å². The van der Waals surface area contributed by atoms with Gasteiger partial charge in [-0.25, -0.2) is 0 Å². The fourth-order valence-corrected chi connectivity index (χ4v) is 0.987. The van der Waals surface area contributed by atoms with Crippen LogP contribution >= 0.6 is 0 Å². The lowest BCUT2D eigenvalue weighted by molar-refractivity contribution is -0.488. The standard InChI is InChI=1S/C8H13NO5/c1-8(2,5-10)6(4-9(12)13)7(11)14-3/h5-6H,4H2,1-3H3/t6-/m0/s1. The Kier molecular flexibility index (Phi) is 4.20. The highest BCUT2D eigenvalue weighted by Gasteiger charge is 2.39. The number of hydrogen-bond acceptors (Lipinski definition) is 5. The number of methoxy groups -OCH3 is 1. The Bertz CT molecular complexity index is 248. The number of rotatable bonds is 5. The van der Waals surface area contributed by atoms with Gasteiger partial charge in [-0.05, 0) is 0 Å². The zero-order valence-electron chi connectivity index (χ0n) is 8.35. The molecule has 0 unspecified atom stereocenters. The normalized spacial score (nSPS) is 13.1. The Morgan fingerprint density at radius 2 is 2.14 bits per heavy atom. The number of aldehydes is 1. The number of nitrogens with zero attached hydrogens (tertiary/aromatic N) is 1. The van der Waals surface area contributed by atoms with Crippen molar-refractivity contribution < 1.29 is 19.2 Å². The van der Waals surface area contributed by atoms with Crippen LogP contribution in [0.25, 0.3) is 0 Å². The number of hydrogen-bond donors (Lipinski definition) is 0. The minimum Gasteiger partial charge on any atom is -0.469 e. The summed E-state index contributed by atoms with van der Waals surface area (Å²) in [5, 5.41) is 10.3. The first-order valence-corrected chi connectivity index (χ1v) is 4.01. The molecule has 0 aromatic rings. The summed E-state index contributed by atoms with van der Waals surface area (Å²) in [5.74, 6) is -1.78. The van der Waals surface area contributed by atoms with Crippen LogP contribution in [0.5, 0.6) is 0 Å². The van der Waals surface area contributed by atoms with Crippen LogP contribution in [-0.4, -0.2) is 30.8 Å². The number of carbonyl (C=O) groups excluding carboxylic acids is 2. The minimum absolute atomic E-state index is 0.526. The largest absolute Gasteiger partial charge is 0.469 e. The van der Waals surface area contributed by atoms with Gasteiger partial charge in [0.25, 0.3) is 0 Å². The van der Waals surface area contributed by atoms with E-state index in [0.717, 1.165) is 7.11 Å². The van der Waals surface area contributed by atoms with E-state index in [1.165, 1.54) is 13.8 Å². The van der Waals surface area contributed by atoms with Crippen molar-refractivity contribution in [3.05, 3.63) is 10.1 Å². The maximum absolute atomic E-state index is 11.2. The molecule has 0 aromatic heterocycles. The van der Waals surface area contributed by atoms with Gasteiger partial charge in [0.2, 0.25) is 6.54 Å². The first-order valence-electron chi connectivity index (χ1n) is 4.01. The smallest absolute Gasteiger partial charge is 0.316 e. The molecule has 0 saturated heterocycles. The van der Waals surface area contributed by atoms with Crippen molar-refractivity contribution in [3.63, 3.8) is 0 Å². The van der Waals surface area contributed by atoms with Crippen molar-refractivity contribution in [2.75, 3.05) is 13.7 Å². The molecule has 0 aliphatic rings. The monoisotopic (exact) mass is 203 g/mol. The van der Waals surface area contributed by atoms with Gasteiger partial charge in [0, 0.05) is 10.3 Å². The molecule has 0 aliphatic heterocycles. The van der Waals surface area contributed by atoms with Crippen LogP contribution in [0.4, 0.5) is 0 Å². The highest BCUT2D eigenvalue weighted by molar-refractivity contribution is 5.78. The summed E-state index contributed by atoms with van der Waals surface area (Å²) in [7, 11) is 1.14. The van der Waals surface area contributed by atoms with E-state index < -0.39 is 28.8 Å². The number of nitro groups is 1. The van der Waals surface area contributed by atoms with Crippen molar-refractivity contribution >= 4 is 12.3 Å². The van der Waals surface area contributed by atoms with Crippen LogP contribution in [0.1, 0.15) is 13.8 Å². The fraction of sp³-hybridized carbons (Fsp3) is 0.750. The lowest BCUT2D eigenvalue weighted by Gasteiger charge is -2.23. The number of esters is 1. The molecule has 6 heteroatoms. The van der Waals surface area contributed by atoms with Crippen molar-refractivity contribution in [2.45, 2.75) is 13.8 Å². The Morgan fingerprint density at radius 1 is 1.64 bits per heavy atom. The Morgan fingerprint density at radius 3 is 2.43 bits per heavy atom. The molecule has 80 valence electrons. The van der Waals surface area contributed by atoms with Crippen molar-refractivity contribution in [2.24, 2.45) is 11.3 Å². The van der Waals surface area contributed by atoms with E-state index in [0.29, 0.717) is 6.29 Å². The van der Waals surface area contributed by atoms with Crippen molar-refractivity contribution in [3.8, 4) is 0 Å². The summed E-state index contributed by atoms with van der Waals surface area (Å²) in [6, 6.07) is 0. The predicted octanol–water partition coefficient (Wildman–Crippen LogP) is 0.277. The van der Waals surface area contributed by atoms with E-state index in [1.54, 1.807) is 0 Å². The first kappa shape index (κ1) is 12.5. The van der Waals surface area contributed by atoms with Gasteiger partial charge >= 0.3 is 5.97 Å². The summed E-state index contributed by atoms with van der Waals surface area (Å²) in [6.07, 6.45) is 0.526. The van der Waals surface area contributed by atoms with Gasteiger partial charge in [-0.1, -0.05) is 13.8 Å². The topological polar surface area (TPSA) is 86.5 Å². The molecule has 0 radical (unpaired) electrons. The molecule has 0 fully saturated rings. The molecule has 0 saturated carbocycles. The molecule has 6 nitrogen and oxygen atoms in total. The molecule has 0 heterocycles. The van der Waals surface area contributed by atoms with E-state index in [9.17, 15) is 19.7 Å². The van der Waals surface area contributed by atoms with Gasteiger partial charge in [-0.15, -0.1) is 0 Å². The maximum Gasteiger partial charge on any atom is 0.316 e. The fourth-order valence-electron chi connectivity index (χ4n) is 0.987. The number of carbonyl (C=O) groups is 2. The lowest BCUT2D eigenvalue weighted by Crippen LogP contribution is -2.38. The molecule has 0 rings (SSSR count). The zero-order chi connectivity index (χ0) is 11.4. The quantitative estimate of drug-likeness (QED) is 0.277. The van der Waals surface area contributed by atoms with Crippen LogP contribution in [0.2, 0.25) is 0 Å². The van der Waals surface area contributed by atoms with Gasteiger partial charge in [0.05, 0.1) is 7.11 Å². The molecule has 0 aromatic carbocycles. The predicted molar refractivity (Wildman–Crippen MR) is 47.2 cm³/mol. The van der Waals surface area contributed by atoms with Gasteiger partial charge in [0.1, 0.15) is 12.2 Å². The van der Waals surface area contributed by atoms with Gasteiger partial charge in [-0.2, -0.15) is 0 Å². The minimum atomic E-state index is -1.08. The summed E-state index contributed by atoms with van der Waals surface area (Å²) >= 11 is 0. The second-order valence-corrected chi connectivity index (χ2v) is 3.53. The third-order valence-corrected chi connectivity index (χ3v) is 2.02. The van der Waals surface area contributed by atoms with E-state index in [1.807, 2.05) is 0 Å². The molecule has 1 atom stereocenters.